The molecule has 1 atom stereocenters. The van der Waals surface area contributed by atoms with Crippen LogP contribution < -0.4 is 5.32 Å². The molecule has 1 rings (SSSR count). The van der Waals surface area contributed by atoms with E-state index in [2.05, 4.69) is 19.2 Å². The van der Waals surface area contributed by atoms with Crippen molar-refractivity contribution >= 4 is 5.97 Å². The second kappa shape index (κ2) is 5.67. The van der Waals surface area contributed by atoms with Crippen LogP contribution in [-0.2, 0) is 4.79 Å². The summed E-state index contributed by atoms with van der Waals surface area (Å²) in [6.45, 7) is 5.97. The molecule has 16 heavy (non-hydrogen) atoms. The van der Waals surface area contributed by atoms with Crippen LogP contribution >= 0.6 is 0 Å². The van der Waals surface area contributed by atoms with Crippen LogP contribution in [-0.4, -0.2) is 22.7 Å². The average Bonchev–Trinajstić information content (AvgIpc) is 2.17. The van der Waals surface area contributed by atoms with E-state index in [0.717, 1.165) is 12.8 Å². The molecular weight excluding hydrogens is 202 g/mol. The first kappa shape index (κ1) is 13.5. The second-order valence-electron chi connectivity index (χ2n) is 5.71. The number of carboxylic acids is 1. The number of hydrogen-bond acceptors (Lipinski definition) is 2. The van der Waals surface area contributed by atoms with Crippen LogP contribution in [0.2, 0.25) is 0 Å². The Morgan fingerprint density at radius 2 is 1.94 bits per heavy atom. The molecule has 0 aromatic carbocycles. The minimum absolute atomic E-state index is 0.397. The zero-order valence-electron chi connectivity index (χ0n) is 10.8. The molecule has 0 aromatic heterocycles. The first-order valence-electron chi connectivity index (χ1n) is 6.45. The van der Waals surface area contributed by atoms with Gasteiger partial charge in [0, 0.05) is 6.04 Å². The number of aliphatic carboxylic acids is 1. The molecule has 0 saturated heterocycles. The lowest BCUT2D eigenvalue weighted by atomic mass is 9.87. The highest BCUT2D eigenvalue weighted by Gasteiger charge is 2.35. The maximum atomic E-state index is 11.4. The van der Waals surface area contributed by atoms with Gasteiger partial charge in [-0.15, -0.1) is 0 Å². The summed E-state index contributed by atoms with van der Waals surface area (Å²) in [7, 11) is 0. The zero-order chi connectivity index (χ0) is 12.2. The van der Waals surface area contributed by atoms with Crippen molar-refractivity contribution in [2.75, 3.05) is 0 Å². The topological polar surface area (TPSA) is 49.3 Å². The van der Waals surface area contributed by atoms with Crippen molar-refractivity contribution in [3.63, 3.8) is 0 Å². The Kier molecular flexibility index (Phi) is 4.78. The summed E-state index contributed by atoms with van der Waals surface area (Å²) in [6.07, 6.45) is 6.71. The fourth-order valence-electron chi connectivity index (χ4n) is 2.72. The molecule has 0 heterocycles. The Morgan fingerprint density at radius 3 is 2.38 bits per heavy atom. The minimum Gasteiger partial charge on any atom is -0.480 e. The third-order valence-corrected chi connectivity index (χ3v) is 3.42. The third kappa shape index (κ3) is 3.78. The van der Waals surface area contributed by atoms with Crippen LogP contribution in [0.25, 0.3) is 0 Å². The molecule has 2 N–H and O–H groups in total. The molecule has 1 saturated carbocycles. The summed E-state index contributed by atoms with van der Waals surface area (Å²) in [6, 6.07) is 0.397. The van der Waals surface area contributed by atoms with Crippen LogP contribution in [0.1, 0.15) is 59.3 Å². The first-order valence-corrected chi connectivity index (χ1v) is 6.45. The first-order chi connectivity index (χ1) is 7.44. The predicted octanol–water partition coefficient (Wildman–Crippen LogP) is 2.80. The van der Waals surface area contributed by atoms with Gasteiger partial charge < -0.3 is 5.11 Å². The van der Waals surface area contributed by atoms with Gasteiger partial charge in [-0.1, -0.05) is 33.1 Å². The molecule has 1 fully saturated rings. The fraction of sp³-hybridized carbons (Fsp3) is 0.923. The average molecular weight is 227 g/mol. The molecule has 1 aliphatic carbocycles. The van der Waals surface area contributed by atoms with E-state index in [1.54, 1.807) is 0 Å². The van der Waals surface area contributed by atoms with Gasteiger partial charge in [0.15, 0.2) is 0 Å². The highest BCUT2D eigenvalue weighted by atomic mass is 16.4. The Balaban J connectivity index is 2.58. The summed E-state index contributed by atoms with van der Waals surface area (Å²) < 4.78 is 0. The maximum Gasteiger partial charge on any atom is 0.323 e. The molecule has 94 valence electrons. The van der Waals surface area contributed by atoms with Gasteiger partial charge in [-0.3, -0.25) is 10.1 Å². The van der Waals surface area contributed by atoms with Crippen molar-refractivity contribution in [2.24, 2.45) is 5.92 Å². The van der Waals surface area contributed by atoms with Gasteiger partial charge in [-0.2, -0.15) is 0 Å². The number of nitrogens with one attached hydrogen (secondary N) is 1. The van der Waals surface area contributed by atoms with E-state index in [-0.39, 0.29) is 0 Å². The van der Waals surface area contributed by atoms with Crippen molar-refractivity contribution in [2.45, 2.75) is 70.9 Å². The molecule has 3 nitrogen and oxygen atoms in total. The predicted molar refractivity (Wildman–Crippen MR) is 65.5 cm³/mol. The molecule has 0 aliphatic heterocycles. The lowest BCUT2D eigenvalue weighted by Gasteiger charge is -2.34. The minimum atomic E-state index is -0.754. The van der Waals surface area contributed by atoms with Gasteiger partial charge in [0.1, 0.15) is 5.54 Å². The van der Waals surface area contributed by atoms with Crippen LogP contribution in [0.4, 0.5) is 0 Å². The van der Waals surface area contributed by atoms with Gasteiger partial charge in [-0.05, 0) is 32.1 Å². The Bertz CT molecular complexity index is 234. The number of hydrogen-bond donors (Lipinski definition) is 2. The number of rotatable bonds is 5. The molecule has 1 unspecified atom stereocenters. The van der Waals surface area contributed by atoms with Crippen molar-refractivity contribution in [3.8, 4) is 0 Å². The molecule has 0 spiro atoms. The monoisotopic (exact) mass is 227 g/mol. The lowest BCUT2D eigenvalue weighted by molar-refractivity contribution is -0.145. The van der Waals surface area contributed by atoms with E-state index in [9.17, 15) is 9.90 Å². The SMILES string of the molecule is CC(C)CC(C)(NC1CCCCC1)C(=O)O. The molecule has 1 aliphatic rings. The van der Waals surface area contributed by atoms with Crippen molar-refractivity contribution in [1.29, 1.82) is 0 Å². The molecule has 3 heteroatoms. The van der Waals surface area contributed by atoms with Crippen molar-refractivity contribution < 1.29 is 9.90 Å². The Labute approximate surface area is 98.6 Å². The van der Waals surface area contributed by atoms with E-state index in [4.69, 9.17) is 0 Å². The van der Waals surface area contributed by atoms with Gasteiger partial charge in [0.05, 0.1) is 0 Å². The lowest BCUT2D eigenvalue weighted by Crippen LogP contribution is -2.54. The largest absolute Gasteiger partial charge is 0.480 e. The fourth-order valence-corrected chi connectivity index (χ4v) is 2.72. The highest BCUT2D eigenvalue weighted by molar-refractivity contribution is 5.78. The number of carbonyl (C=O) groups is 1. The van der Waals surface area contributed by atoms with Gasteiger partial charge in [0.2, 0.25) is 0 Å². The maximum absolute atomic E-state index is 11.4. The van der Waals surface area contributed by atoms with Gasteiger partial charge >= 0.3 is 5.97 Å². The van der Waals surface area contributed by atoms with E-state index in [0.29, 0.717) is 18.4 Å². The van der Waals surface area contributed by atoms with E-state index in [1.165, 1.54) is 19.3 Å². The van der Waals surface area contributed by atoms with Crippen LogP contribution in [0.5, 0.6) is 0 Å². The second-order valence-corrected chi connectivity index (χ2v) is 5.71. The summed E-state index contributed by atoms with van der Waals surface area (Å²) in [5.74, 6) is -0.316. The smallest absolute Gasteiger partial charge is 0.323 e. The van der Waals surface area contributed by atoms with E-state index >= 15 is 0 Å². The van der Waals surface area contributed by atoms with E-state index < -0.39 is 11.5 Å². The summed E-state index contributed by atoms with van der Waals surface area (Å²) in [5.41, 5.74) is -0.754. The zero-order valence-corrected chi connectivity index (χ0v) is 10.8. The van der Waals surface area contributed by atoms with Crippen LogP contribution in [0.3, 0.4) is 0 Å². The summed E-state index contributed by atoms with van der Waals surface area (Å²) >= 11 is 0. The van der Waals surface area contributed by atoms with Crippen molar-refractivity contribution in [1.82, 2.24) is 5.32 Å². The van der Waals surface area contributed by atoms with E-state index in [1.807, 2.05) is 6.92 Å². The summed E-state index contributed by atoms with van der Waals surface area (Å²) in [5, 5.41) is 12.7. The molecule has 0 aromatic rings. The third-order valence-electron chi connectivity index (χ3n) is 3.42. The van der Waals surface area contributed by atoms with Crippen LogP contribution in [0, 0.1) is 5.92 Å². The quantitative estimate of drug-likeness (QED) is 0.759. The Morgan fingerprint density at radius 1 is 1.38 bits per heavy atom. The van der Waals surface area contributed by atoms with Crippen LogP contribution in [0.15, 0.2) is 0 Å². The molecule has 0 amide bonds. The molecular formula is C13H25NO2. The highest BCUT2D eigenvalue weighted by Crippen LogP contribution is 2.23. The normalized spacial score (nSPS) is 22.0. The summed E-state index contributed by atoms with van der Waals surface area (Å²) in [4.78, 5) is 11.4. The van der Waals surface area contributed by atoms with Crippen molar-refractivity contribution in [3.05, 3.63) is 0 Å². The Hall–Kier alpha value is -0.570. The van der Waals surface area contributed by atoms with Gasteiger partial charge in [-0.25, -0.2) is 0 Å². The molecule has 0 radical (unpaired) electrons. The molecule has 0 bridgehead atoms. The van der Waals surface area contributed by atoms with Gasteiger partial charge in [0.25, 0.3) is 0 Å². The standard InChI is InChI=1S/C13H25NO2/c1-10(2)9-13(3,12(15)16)14-11-7-5-4-6-8-11/h10-11,14H,4-9H2,1-3H3,(H,15,16). The number of carboxylic acid groups (broad SMARTS) is 1.